The Balaban J connectivity index is 0.00000106. The van der Waals surface area contributed by atoms with Crippen LogP contribution in [0.1, 0.15) is 55.4 Å². The van der Waals surface area contributed by atoms with Crippen molar-refractivity contribution in [3.05, 3.63) is 24.4 Å². The highest BCUT2D eigenvalue weighted by Gasteiger charge is 2.31. The molecule has 2 rings (SSSR count). The number of rotatable bonds is 2. The van der Waals surface area contributed by atoms with Gasteiger partial charge in [0.05, 0.1) is 5.54 Å². The van der Waals surface area contributed by atoms with E-state index in [1.54, 1.807) is 0 Å². The molecule has 0 aromatic carbocycles. The summed E-state index contributed by atoms with van der Waals surface area (Å²) in [6.45, 7) is 17.2. The van der Waals surface area contributed by atoms with Crippen molar-refractivity contribution in [2.24, 2.45) is 27.3 Å². The summed E-state index contributed by atoms with van der Waals surface area (Å²) in [5, 5.41) is 6.44. The van der Waals surface area contributed by atoms with Gasteiger partial charge in [-0.15, -0.1) is 0 Å². The lowest BCUT2D eigenvalue weighted by atomic mass is 9.80. The van der Waals surface area contributed by atoms with E-state index in [-0.39, 0.29) is 11.0 Å². The van der Waals surface area contributed by atoms with Crippen LogP contribution >= 0.6 is 0 Å². The van der Waals surface area contributed by atoms with E-state index < -0.39 is 0 Å². The van der Waals surface area contributed by atoms with Crippen LogP contribution in [0.2, 0.25) is 0 Å². The SMILES string of the molecule is CC.CC(C)C1(C)C=CC2=NC(C)(C(C)C)C=CN2N=C1. The van der Waals surface area contributed by atoms with Crippen molar-refractivity contribution in [3.63, 3.8) is 0 Å². The molecule has 3 nitrogen and oxygen atoms in total. The third kappa shape index (κ3) is 3.63. The maximum Gasteiger partial charge on any atom is 0.149 e. The minimum absolute atomic E-state index is 0.0120. The highest BCUT2D eigenvalue weighted by Crippen LogP contribution is 2.32. The summed E-state index contributed by atoms with van der Waals surface area (Å²) < 4.78 is 0. The lowest BCUT2D eigenvalue weighted by Crippen LogP contribution is -2.35. The molecule has 0 spiro atoms. The van der Waals surface area contributed by atoms with Gasteiger partial charge in [-0.25, -0.2) is 5.01 Å². The molecular formula is C18H31N3. The summed E-state index contributed by atoms with van der Waals surface area (Å²) in [5.41, 5.74) is -0.147. The third-order valence-corrected chi connectivity index (χ3v) is 4.61. The molecule has 0 N–H and O–H groups in total. The van der Waals surface area contributed by atoms with Crippen LogP contribution in [0.5, 0.6) is 0 Å². The van der Waals surface area contributed by atoms with Gasteiger partial charge in [0.25, 0.3) is 0 Å². The Hall–Kier alpha value is -1.38. The van der Waals surface area contributed by atoms with Gasteiger partial charge in [0, 0.05) is 17.8 Å². The predicted octanol–water partition coefficient (Wildman–Crippen LogP) is 4.87. The first-order chi connectivity index (χ1) is 9.77. The van der Waals surface area contributed by atoms with Crippen molar-refractivity contribution in [2.45, 2.75) is 60.9 Å². The normalized spacial score (nSPS) is 30.8. The van der Waals surface area contributed by atoms with Crippen LogP contribution in [0.4, 0.5) is 0 Å². The average molecular weight is 289 g/mol. The van der Waals surface area contributed by atoms with E-state index in [0.29, 0.717) is 11.8 Å². The van der Waals surface area contributed by atoms with Crippen molar-refractivity contribution in [2.75, 3.05) is 0 Å². The zero-order valence-electron chi connectivity index (χ0n) is 14.9. The molecule has 3 heteroatoms. The van der Waals surface area contributed by atoms with Gasteiger partial charge in [-0.1, -0.05) is 54.5 Å². The fourth-order valence-electron chi connectivity index (χ4n) is 1.99. The summed E-state index contributed by atoms with van der Waals surface area (Å²) in [6, 6.07) is 0. The molecular weight excluding hydrogens is 258 g/mol. The van der Waals surface area contributed by atoms with Gasteiger partial charge in [0.15, 0.2) is 0 Å². The molecule has 118 valence electrons. The van der Waals surface area contributed by atoms with Crippen molar-refractivity contribution in [1.29, 1.82) is 0 Å². The smallest absolute Gasteiger partial charge is 0.149 e. The molecule has 0 saturated heterocycles. The molecule has 21 heavy (non-hydrogen) atoms. The highest BCUT2D eigenvalue weighted by atomic mass is 15.5. The molecule has 0 bridgehead atoms. The van der Waals surface area contributed by atoms with Gasteiger partial charge < -0.3 is 0 Å². The second-order valence-electron chi connectivity index (χ2n) is 6.61. The molecule has 0 fully saturated rings. The molecule has 2 heterocycles. The van der Waals surface area contributed by atoms with E-state index in [0.717, 1.165) is 5.84 Å². The van der Waals surface area contributed by atoms with E-state index in [1.807, 2.05) is 31.3 Å². The van der Waals surface area contributed by atoms with Crippen molar-refractivity contribution in [3.8, 4) is 0 Å². The number of amidine groups is 1. The quantitative estimate of drug-likeness (QED) is 0.712. The summed E-state index contributed by atoms with van der Waals surface area (Å²) in [6.07, 6.45) is 10.5. The minimum atomic E-state index is -0.135. The van der Waals surface area contributed by atoms with E-state index in [9.17, 15) is 0 Å². The Morgan fingerprint density at radius 2 is 1.62 bits per heavy atom. The zero-order valence-corrected chi connectivity index (χ0v) is 14.9. The summed E-state index contributed by atoms with van der Waals surface area (Å²) in [5.74, 6) is 1.91. The minimum Gasteiger partial charge on any atom is -0.256 e. The first-order valence-corrected chi connectivity index (χ1v) is 8.10. The van der Waals surface area contributed by atoms with Crippen LogP contribution in [-0.2, 0) is 0 Å². The molecule has 2 aliphatic rings. The molecule has 2 atom stereocenters. The van der Waals surface area contributed by atoms with Gasteiger partial charge in [-0.05, 0) is 30.9 Å². The van der Waals surface area contributed by atoms with E-state index in [4.69, 9.17) is 4.99 Å². The first kappa shape index (κ1) is 17.7. The maximum atomic E-state index is 4.88. The first-order valence-electron chi connectivity index (χ1n) is 8.10. The Kier molecular flexibility index (Phi) is 5.54. The molecule has 0 aliphatic carbocycles. The molecule has 0 aromatic heterocycles. The number of aliphatic imine (C=N–C) groups is 1. The van der Waals surface area contributed by atoms with E-state index >= 15 is 0 Å². The van der Waals surface area contributed by atoms with E-state index in [1.165, 1.54) is 0 Å². The molecule has 0 aromatic rings. The van der Waals surface area contributed by atoms with Crippen molar-refractivity contribution < 1.29 is 0 Å². The second kappa shape index (κ2) is 6.59. The monoisotopic (exact) mass is 289 g/mol. The Labute approximate surface area is 130 Å². The fraction of sp³-hybridized carbons (Fsp3) is 0.667. The topological polar surface area (TPSA) is 28.0 Å². The largest absolute Gasteiger partial charge is 0.256 e. The van der Waals surface area contributed by atoms with Gasteiger partial charge in [-0.2, -0.15) is 5.10 Å². The predicted molar refractivity (Wildman–Crippen MR) is 93.6 cm³/mol. The van der Waals surface area contributed by atoms with Crippen LogP contribution < -0.4 is 0 Å². The van der Waals surface area contributed by atoms with E-state index in [2.05, 4.69) is 64.9 Å². The standard InChI is InChI=1S/C16H25N3.C2H6/c1-12(2)15(5)8-7-14-18-16(6,13(3)4)9-10-19(14)17-11-15;1-2/h7-13H,1-6H3;1-2H3. The number of fused-ring (bicyclic) bond motifs is 1. The molecule has 0 saturated carbocycles. The van der Waals surface area contributed by atoms with Crippen LogP contribution in [0.3, 0.4) is 0 Å². The maximum absolute atomic E-state index is 4.88. The van der Waals surface area contributed by atoms with Gasteiger partial charge in [0.1, 0.15) is 5.84 Å². The van der Waals surface area contributed by atoms with Crippen LogP contribution in [-0.4, -0.2) is 22.6 Å². The number of hydrazone groups is 1. The highest BCUT2D eigenvalue weighted by molar-refractivity contribution is 5.96. The zero-order chi connectivity index (χ0) is 16.3. The number of hydrogen-bond donors (Lipinski definition) is 0. The van der Waals surface area contributed by atoms with Gasteiger partial charge >= 0.3 is 0 Å². The summed E-state index contributed by atoms with van der Waals surface area (Å²) in [7, 11) is 0. The van der Waals surface area contributed by atoms with Crippen LogP contribution in [0, 0.1) is 17.3 Å². The summed E-state index contributed by atoms with van der Waals surface area (Å²) >= 11 is 0. The third-order valence-electron chi connectivity index (χ3n) is 4.61. The lowest BCUT2D eigenvalue weighted by Gasteiger charge is -2.32. The fourth-order valence-corrected chi connectivity index (χ4v) is 1.99. The molecule has 0 radical (unpaired) electrons. The van der Waals surface area contributed by atoms with Crippen LogP contribution in [0.25, 0.3) is 0 Å². The Morgan fingerprint density at radius 1 is 1.00 bits per heavy atom. The molecule has 2 unspecified atom stereocenters. The molecule has 2 aliphatic heterocycles. The van der Waals surface area contributed by atoms with Crippen LogP contribution in [0.15, 0.2) is 34.5 Å². The van der Waals surface area contributed by atoms with Gasteiger partial charge in [-0.3, -0.25) is 4.99 Å². The Morgan fingerprint density at radius 3 is 2.14 bits per heavy atom. The second-order valence-corrected chi connectivity index (χ2v) is 6.61. The number of hydrogen-bond acceptors (Lipinski definition) is 3. The Bertz CT molecular complexity index is 463. The van der Waals surface area contributed by atoms with Gasteiger partial charge in [0.2, 0.25) is 0 Å². The molecule has 0 amide bonds. The van der Waals surface area contributed by atoms with Crippen molar-refractivity contribution >= 4 is 12.1 Å². The lowest BCUT2D eigenvalue weighted by molar-refractivity contribution is 0.395. The van der Waals surface area contributed by atoms with Crippen molar-refractivity contribution in [1.82, 2.24) is 5.01 Å². The number of allylic oxidation sites excluding steroid dienone is 1. The average Bonchev–Trinajstić information content (AvgIpc) is 2.62. The number of nitrogens with zero attached hydrogens (tertiary/aromatic N) is 3. The summed E-state index contributed by atoms with van der Waals surface area (Å²) in [4.78, 5) is 4.88.